The predicted octanol–water partition coefficient (Wildman–Crippen LogP) is 4.34. The zero-order chi connectivity index (χ0) is 12.8. The third-order valence-corrected chi connectivity index (χ3v) is 3.43. The van der Waals surface area contributed by atoms with Crippen LogP contribution >= 0.6 is 15.9 Å². The molecule has 1 aromatic carbocycles. The molecule has 17 heavy (non-hydrogen) atoms. The van der Waals surface area contributed by atoms with Gasteiger partial charge in [-0.15, -0.1) is 0 Å². The number of aryl methyl sites for hydroxylation is 1. The van der Waals surface area contributed by atoms with E-state index in [0.717, 1.165) is 24.8 Å². The maximum atomic E-state index is 10.6. The van der Waals surface area contributed by atoms with Crippen LogP contribution in [-0.4, -0.2) is 9.75 Å². The average molecular weight is 300 g/mol. The molecule has 1 atom stereocenters. The lowest BCUT2D eigenvalue weighted by Gasteiger charge is -2.11. The van der Waals surface area contributed by atoms with Crippen molar-refractivity contribution in [3.05, 3.63) is 39.9 Å². The Kier molecular flexibility index (Phi) is 5.62. The van der Waals surface area contributed by atoms with E-state index in [4.69, 9.17) is 0 Å². The SMILES string of the molecule is CC(C)CC(Br)CCc1cccc([N+](=O)[O-])c1. The number of nitrogens with zero attached hydrogens (tertiary/aromatic N) is 1. The summed E-state index contributed by atoms with van der Waals surface area (Å²) >= 11 is 3.65. The van der Waals surface area contributed by atoms with E-state index in [1.54, 1.807) is 12.1 Å². The molecule has 0 aliphatic rings. The third-order valence-electron chi connectivity index (χ3n) is 2.59. The molecule has 0 heterocycles. The third kappa shape index (κ3) is 5.31. The number of non-ortho nitro benzene ring substituents is 1. The van der Waals surface area contributed by atoms with E-state index in [9.17, 15) is 10.1 Å². The fraction of sp³-hybridized carbons (Fsp3) is 0.538. The summed E-state index contributed by atoms with van der Waals surface area (Å²) in [6, 6.07) is 6.89. The minimum Gasteiger partial charge on any atom is -0.258 e. The standard InChI is InChI=1S/C13H18BrNO2/c1-10(2)8-12(14)7-6-11-4-3-5-13(9-11)15(16)17/h3-5,9-10,12H,6-8H2,1-2H3. The van der Waals surface area contributed by atoms with Crippen LogP contribution in [0.4, 0.5) is 5.69 Å². The zero-order valence-electron chi connectivity index (χ0n) is 10.2. The van der Waals surface area contributed by atoms with Gasteiger partial charge in [0.2, 0.25) is 0 Å². The molecule has 0 bridgehead atoms. The highest BCUT2D eigenvalue weighted by molar-refractivity contribution is 9.09. The summed E-state index contributed by atoms with van der Waals surface area (Å²) in [5.74, 6) is 0.671. The number of alkyl halides is 1. The van der Waals surface area contributed by atoms with Crippen LogP contribution in [0.3, 0.4) is 0 Å². The summed E-state index contributed by atoms with van der Waals surface area (Å²) in [4.78, 5) is 10.8. The Morgan fingerprint density at radius 2 is 2.12 bits per heavy atom. The van der Waals surface area contributed by atoms with Crippen LogP contribution in [0.15, 0.2) is 24.3 Å². The van der Waals surface area contributed by atoms with Gasteiger partial charge in [-0.25, -0.2) is 0 Å². The Hall–Kier alpha value is -0.900. The molecule has 3 nitrogen and oxygen atoms in total. The second-order valence-corrected chi connectivity index (χ2v) is 5.99. The smallest absolute Gasteiger partial charge is 0.258 e. The number of nitro benzene ring substituents is 1. The number of benzene rings is 1. The quantitative estimate of drug-likeness (QED) is 0.445. The van der Waals surface area contributed by atoms with Gasteiger partial charge >= 0.3 is 0 Å². The molecule has 0 fully saturated rings. The van der Waals surface area contributed by atoms with E-state index in [-0.39, 0.29) is 10.6 Å². The molecule has 0 saturated heterocycles. The van der Waals surface area contributed by atoms with Gasteiger partial charge in [0.05, 0.1) is 4.92 Å². The van der Waals surface area contributed by atoms with Gasteiger partial charge in [-0.1, -0.05) is 41.9 Å². The van der Waals surface area contributed by atoms with Crippen molar-refractivity contribution in [1.29, 1.82) is 0 Å². The molecule has 0 aromatic heterocycles. The predicted molar refractivity (Wildman–Crippen MR) is 73.6 cm³/mol. The molecule has 0 aliphatic heterocycles. The molecule has 0 radical (unpaired) electrons. The molecular weight excluding hydrogens is 282 g/mol. The monoisotopic (exact) mass is 299 g/mol. The second-order valence-electron chi connectivity index (χ2n) is 4.69. The number of hydrogen-bond acceptors (Lipinski definition) is 2. The molecule has 4 heteroatoms. The van der Waals surface area contributed by atoms with Crippen LogP contribution in [0.25, 0.3) is 0 Å². The Bertz CT molecular complexity index is 379. The zero-order valence-corrected chi connectivity index (χ0v) is 11.8. The lowest BCUT2D eigenvalue weighted by atomic mass is 10.0. The fourth-order valence-corrected chi connectivity index (χ4v) is 2.75. The molecule has 1 unspecified atom stereocenters. The average Bonchev–Trinajstić information content (AvgIpc) is 2.26. The topological polar surface area (TPSA) is 43.1 Å². The number of nitro groups is 1. The van der Waals surface area contributed by atoms with Crippen molar-refractivity contribution in [2.75, 3.05) is 0 Å². The van der Waals surface area contributed by atoms with Gasteiger partial charge in [-0.2, -0.15) is 0 Å². The van der Waals surface area contributed by atoms with E-state index in [1.807, 2.05) is 6.07 Å². The van der Waals surface area contributed by atoms with Crippen molar-refractivity contribution in [2.45, 2.75) is 37.9 Å². The molecule has 0 amide bonds. The number of halogens is 1. The van der Waals surface area contributed by atoms with Gasteiger partial charge in [0.25, 0.3) is 5.69 Å². The largest absolute Gasteiger partial charge is 0.269 e. The molecular formula is C13H18BrNO2. The first-order chi connectivity index (χ1) is 7.99. The molecule has 0 N–H and O–H groups in total. The summed E-state index contributed by atoms with van der Waals surface area (Å²) in [5, 5.41) is 10.6. The Labute approximate surface area is 111 Å². The summed E-state index contributed by atoms with van der Waals surface area (Å²) in [7, 11) is 0. The van der Waals surface area contributed by atoms with Crippen molar-refractivity contribution < 1.29 is 4.92 Å². The molecule has 1 aromatic rings. The van der Waals surface area contributed by atoms with Crippen molar-refractivity contribution in [3.8, 4) is 0 Å². The minimum atomic E-state index is -0.344. The van der Waals surface area contributed by atoms with Crippen LogP contribution in [0.1, 0.15) is 32.3 Å². The summed E-state index contributed by atoms with van der Waals surface area (Å²) in [6.45, 7) is 4.39. The molecule has 0 saturated carbocycles. The van der Waals surface area contributed by atoms with Crippen LogP contribution in [0.2, 0.25) is 0 Å². The lowest BCUT2D eigenvalue weighted by Crippen LogP contribution is -2.04. The first-order valence-corrected chi connectivity index (χ1v) is 6.78. The first kappa shape index (κ1) is 14.2. The minimum absolute atomic E-state index is 0.178. The Balaban J connectivity index is 2.51. The van der Waals surface area contributed by atoms with Crippen LogP contribution < -0.4 is 0 Å². The van der Waals surface area contributed by atoms with Gasteiger partial charge < -0.3 is 0 Å². The summed E-state index contributed by atoms with van der Waals surface area (Å²) < 4.78 is 0. The van der Waals surface area contributed by atoms with Crippen LogP contribution in [0, 0.1) is 16.0 Å². The first-order valence-electron chi connectivity index (χ1n) is 5.86. The van der Waals surface area contributed by atoms with Gasteiger partial charge in [0, 0.05) is 17.0 Å². The highest BCUT2D eigenvalue weighted by Gasteiger charge is 2.09. The van der Waals surface area contributed by atoms with Crippen LogP contribution in [0.5, 0.6) is 0 Å². The van der Waals surface area contributed by atoms with Gasteiger partial charge in [-0.05, 0) is 30.7 Å². The van der Waals surface area contributed by atoms with Gasteiger partial charge in [0.15, 0.2) is 0 Å². The maximum absolute atomic E-state index is 10.6. The second kappa shape index (κ2) is 6.74. The molecule has 0 spiro atoms. The molecule has 0 aliphatic carbocycles. The van der Waals surface area contributed by atoms with Crippen molar-refractivity contribution >= 4 is 21.6 Å². The Morgan fingerprint density at radius 1 is 1.41 bits per heavy atom. The van der Waals surface area contributed by atoms with E-state index in [1.165, 1.54) is 6.07 Å². The van der Waals surface area contributed by atoms with E-state index < -0.39 is 0 Å². The van der Waals surface area contributed by atoms with E-state index >= 15 is 0 Å². The number of rotatable bonds is 6. The van der Waals surface area contributed by atoms with Crippen molar-refractivity contribution in [3.63, 3.8) is 0 Å². The summed E-state index contributed by atoms with van der Waals surface area (Å²) in [6.07, 6.45) is 3.03. The molecule has 94 valence electrons. The van der Waals surface area contributed by atoms with Crippen molar-refractivity contribution in [1.82, 2.24) is 0 Å². The summed E-state index contributed by atoms with van der Waals surface area (Å²) in [5.41, 5.74) is 1.21. The number of hydrogen-bond donors (Lipinski definition) is 0. The van der Waals surface area contributed by atoms with Crippen LogP contribution in [-0.2, 0) is 6.42 Å². The fourth-order valence-electron chi connectivity index (χ4n) is 1.78. The molecule has 1 rings (SSSR count). The highest BCUT2D eigenvalue weighted by Crippen LogP contribution is 2.20. The normalized spacial score (nSPS) is 12.7. The van der Waals surface area contributed by atoms with Crippen molar-refractivity contribution in [2.24, 2.45) is 5.92 Å². The van der Waals surface area contributed by atoms with Gasteiger partial charge in [-0.3, -0.25) is 10.1 Å². The highest BCUT2D eigenvalue weighted by atomic mass is 79.9. The van der Waals surface area contributed by atoms with Gasteiger partial charge in [0.1, 0.15) is 0 Å². The van der Waals surface area contributed by atoms with E-state index in [2.05, 4.69) is 29.8 Å². The lowest BCUT2D eigenvalue weighted by molar-refractivity contribution is -0.384. The van der Waals surface area contributed by atoms with E-state index in [0.29, 0.717) is 10.7 Å². The Morgan fingerprint density at radius 3 is 2.71 bits per heavy atom. The maximum Gasteiger partial charge on any atom is 0.269 e.